The molecule has 0 bridgehead atoms. The molecule has 0 aliphatic carbocycles. The molecule has 13 heteroatoms. The summed E-state index contributed by atoms with van der Waals surface area (Å²) in [4.78, 5) is 71.8. The Balaban J connectivity index is 0. The number of aromatic nitrogens is 6. The van der Waals surface area contributed by atoms with Crippen LogP contribution < -0.4 is 63.7 Å². The van der Waals surface area contributed by atoms with Gasteiger partial charge in [-0.3, -0.25) is 29.9 Å². The predicted octanol–water partition coefficient (Wildman–Crippen LogP) is -7.38. The summed E-state index contributed by atoms with van der Waals surface area (Å²) in [5.41, 5.74) is -4.81. The van der Waals surface area contributed by atoms with Gasteiger partial charge < -0.3 is 1.43 Å². The maximum atomic E-state index is 10.2. The van der Waals surface area contributed by atoms with Crippen LogP contribution in [-0.2, 0) is 0 Å². The molecule has 0 spiro atoms. The molecule has 98 valence electrons. The molecule has 0 unspecified atom stereocenters. The summed E-state index contributed by atoms with van der Waals surface area (Å²) in [5.74, 6) is 0. The van der Waals surface area contributed by atoms with Gasteiger partial charge in [-0.25, -0.2) is 28.8 Å². The number of hydrogen-bond acceptors (Lipinski definition) is 6. The van der Waals surface area contributed by atoms with Crippen LogP contribution in [0, 0.1) is 0 Å². The second kappa shape index (κ2) is 7.30. The van der Waals surface area contributed by atoms with Crippen LogP contribution in [0.1, 0.15) is 1.43 Å². The van der Waals surface area contributed by atoms with Crippen LogP contribution in [-0.4, -0.2) is 29.9 Å². The van der Waals surface area contributed by atoms with E-state index >= 15 is 0 Å². The first kappa shape index (κ1) is 16.8. The molecule has 0 radical (unpaired) electrons. The Morgan fingerprint density at radius 1 is 0.421 bits per heavy atom. The quantitative estimate of drug-likeness (QED) is 0.259. The van der Waals surface area contributed by atoms with Crippen LogP contribution in [0.15, 0.2) is 28.8 Å². The molecule has 0 saturated heterocycles. The minimum absolute atomic E-state index is 0. The Morgan fingerprint density at radius 2 is 0.526 bits per heavy atom. The number of rotatable bonds is 0. The average Bonchev–Trinajstić information content (AvgIpc) is 2.12. The van der Waals surface area contributed by atoms with Gasteiger partial charge >= 0.3 is 63.7 Å². The third-order valence-corrected chi connectivity index (χ3v) is 1.36. The van der Waals surface area contributed by atoms with E-state index in [1.54, 1.807) is 29.9 Å². The molecule has 2 rings (SSSR count). The molecule has 12 nitrogen and oxygen atoms in total. The van der Waals surface area contributed by atoms with Crippen molar-refractivity contribution in [1.29, 1.82) is 0 Å². The van der Waals surface area contributed by atoms with Crippen molar-refractivity contribution in [1.82, 2.24) is 29.9 Å². The standard InChI is InChI=1S/2C3H3N3O3.Na.H/c2*7-1-4-2(8)6-3(9)5-1;;/h2*(H3,4,5,6,7,8,9);;/q;;+1;-1. The van der Waals surface area contributed by atoms with Crippen LogP contribution in [0.2, 0.25) is 0 Å². The summed E-state index contributed by atoms with van der Waals surface area (Å²) in [6, 6.07) is 0. The molecule has 0 fully saturated rings. The average molecular weight is 282 g/mol. The molecule has 0 aliphatic rings. The molecule has 0 atom stereocenters. The fourth-order valence-corrected chi connectivity index (χ4v) is 0.806. The SMILES string of the molecule is O=c1[nH]c(=O)[nH]c(=O)[nH]1.O=c1[nH]c(=O)[nH]c(=O)[nH]1.[H-].[Na+]. The van der Waals surface area contributed by atoms with E-state index in [-0.39, 0.29) is 31.0 Å². The number of H-pyrrole nitrogens is 6. The first-order chi connectivity index (χ1) is 8.36. The third-order valence-electron chi connectivity index (χ3n) is 1.36. The Hall–Kier alpha value is -2.18. The van der Waals surface area contributed by atoms with Gasteiger partial charge in [-0.1, -0.05) is 0 Å². The van der Waals surface area contributed by atoms with E-state index in [4.69, 9.17) is 0 Å². The third kappa shape index (κ3) is 6.35. The van der Waals surface area contributed by atoms with Crippen LogP contribution >= 0.6 is 0 Å². The van der Waals surface area contributed by atoms with E-state index < -0.39 is 34.1 Å². The van der Waals surface area contributed by atoms with Crippen LogP contribution in [0.3, 0.4) is 0 Å². The van der Waals surface area contributed by atoms with Gasteiger partial charge in [0.25, 0.3) is 0 Å². The molecule has 2 aromatic heterocycles. The second-order valence-corrected chi connectivity index (χ2v) is 2.72. The first-order valence-corrected chi connectivity index (χ1v) is 4.22. The Labute approximate surface area is 124 Å². The van der Waals surface area contributed by atoms with Crippen molar-refractivity contribution in [3.63, 3.8) is 0 Å². The van der Waals surface area contributed by atoms with Crippen molar-refractivity contribution in [2.24, 2.45) is 0 Å². The van der Waals surface area contributed by atoms with Crippen molar-refractivity contribution < 1.29 is 31.0 Å². The van der Waals surface area contributed by atoms with E-state index in [1.165, 1.54) is 0 Å². The predicted molar refractivity (Wildman–Crippen MR) is 57.7 cm³/mol. The molecule has 0 aromatic carbocycles. The number of aromatic amines is 6. The minimum atomic E-state index is -0.802. The summed E-state index contributed by atoms with van der Waals surface area (Å²) in [7, 11) is 0. The van der Waals surface area contributed by atoms with Crippen molar-refractivity contribution in [3.8, 4) is 0 Å². The summed E-state index contributed by atoms with van der Waals surface area (Å²) < 4.78 is 0. The molecule has 0 aliphatic heterocycles. The zero-order chi connectivity index (χ0) is 13.7. The van der Waals surface area contributed by atoms with E-state index in [1.807, 2.05) is 0 Å². The fourth-order valence-electron chi connectivity index (χ4n) is 0.806. The van der Waals surface area contributed by atoms with Gasteiger partial charge in [0, 0.05) is 0 Å². The molecular weight excluding hydrogens is 275 g/mol. The van der Waals surface area contributed by atoms with E-state index in [0.29, 0.717) is 0 Å². The van der Waals surface area contributed by atoms with E-state index in [0.717, 1.165) is 0 Å². The van der Waals surface area contributed by atoms with Crippen LogP contribution in [0.25, 0.3) is 0 Å². The second-order valence-electron chi connectivity index (χ2n) is 2.72. The van der Waals surface area contributed by atoms with Crippen LogP contribution in [0.5, 0.6) is 0 Å². The van der Waals surface area contributed by atoms with Crippen LogP contribution in [0.4, 0.5) is 0 Å². The maximum Gasteiger partial charge on any atom is 1.00 e. The largest absolute Gasteiger partial charge is 1.00 e. The summed E-state index contributed by atoms with van der Waals surface area (Å²) in [6.45, 7) is 0. The first-order valence-electron chi connectivity index (χ1n) is 4.22. The van der Waals surface area contributed by atoms with Gasteiger partial charge in [-0.2, -0.15) is 0 Å². The van der Waals surface area contributed by atoms with Crippen molar-refractivity contribution in [2.75, 3.05) is 0 Å². The summed E-state index contributed by atoms with van der Waals surface area (Å²) >= 11 is 0. The van der Waals surface area contributed by atoms with Crippen molar-refractivity contribution in [3.05, 3.63) is 62.9 Å². The fraction of sp³-hybridized carbons (Fsp3) is 0. The van der Waals surface area contributed by atoms with E-state index in [2.05, 4.69) is 0 Å². The van der Waals surface area contributed by atoms with Gasteiger partial charge in [0.05, 0.1) is 0 Å². The molecule has 0 amide bonds. The Kier molecular flexibility index (Phi) is 6.46. The molecule has 0 saturated carbocycles. The normalized spacial score (nSPS) is 8.84. The Morgan fingerprint density at radius 3 is 0.632 bits per heavy atom. The van der Waals surface area contributed by atoms with Crippen molar-refractivity contribution in [2.45, 2.75) is 0 Å². The topological polar surface area (TPSA) is 197 Å². The van der Waals surface area contributed by atoms with Gasteiger partial charge in [-0.05, 0) is 0 Å². The maximum absolute atomic E-state index is 10.2. The molecule has 2 heterocycles. The van der Waals surface area contributed by atoms with E-state index in [9.17, 15) is 28.8 Å². The Bertz CT molecular complexity index is 638. The van der Waals surface area contributed by atoms with Crippen molar-refractivity contribution >= 4 is 0 Å². The van der Waals surface area contributed by atoms with Gasteiger partial charge in [-0.15, -0.1) is 0 Å². The molecule has 19 heavy (non-hydrogen) atoms. The van der Waals surface area contributed by atoms with Gasteiger partial charge in [0.2, 0.25) is 0 Å². The number of hydrogen-bond donors (Lipinski definition) is 6. The van der Waals surface area contributed by atoms with Gasteiger partial charge in [0.15, 0.2) is 0 Å². The monoisotopic (exact) mass is 282 g/mol. The summed E-state index contributed by atoms with van der Waals surface area (Å²) in [6.07, 6.45) is 0. The minimum Gasteiger partial charge on any atom is -1.00 e. The molecule has 6 N–H and O–H groups in total. The van der Waals surface area contributed by atoms with Gasteiger partial charge in [0.1, 0.15) is 0 Å². The molecule has 2 aromatic rings. The molecular formula is C6H7N6NaO6. The number of nitrogens with one attached hydrogen (secondary N) is 6. The zero-order valence-corrected chi connectivity index (χ0v) is 11.4. The smallest absolute Gasteiger partial charge is 1.00 e. The summed E-state index contributed by atoms with van der Waals surface area (Å²) in [5, 5.41) is 0. The zero-order valence-electron chi connectivity index (χ0n) is 10.4.